The second kappa shape index (κ2) is 8.89. The summed E-state index contributed by atoms with van der Waals surface area (Å²) in [6.07, 6.45) is 1.25. The highest BCUT2D eigenvalue weighted by atomic mass is 19.1. The number of hydrazone groups is 1. The molecule has 0 spiro atoms. The van der Waals surface area contributed by atoms with E-state index in [0.717, 1.165) is 22.4 Å². The topological polar surface area (TPSA) is 70.6 Å². The third-order valence-corrected chi connectivity index (χ3v) is 3.82. The lowest BCUT2D eigenvalue weighted by Crippen LogP contribution is -2.21. The number of carbonyl (C=O) groups excluding carboxylic acids is 2. The average Bonchev–Trinajstić information content (AvgIpc) is 2.58. The molecule has 0 aliphatic rings. The van der Waals surface area contributed by atoms with Crippen molar-refractivity contribution in [2.75, 3.05) is 5.32 Å². The average molecular weight is 355 g/mol. The molecule has 0 radical (unpaired) electrons. The molecule has 26 heavy (non-hydrogen) atoms. The van der Waals surface area contributed by atoms with Crippen LogP contribution in [0.15, 0.2) is 41.5 Å². The summed E-state index contributed by atoms with van der Waals surface area (Å²) in [6, 6.07) is 10.1. The Bertz CT molecular complexity index is 824. The Hall–Kier alpha value is -3.02. The van der Waals surface area contributed by atoms with Crippen molar-refractivity contribution in [3.63, 3.8) is 0 Å². The van der Waals surface area contributed by atoms with Gasteiger partial charge in [-0.05, 0) is 38.0 Å². The van der Waals surface area contributed by atoms with Gasteiger partial charge in [0.05, 0.1) is 6.21 Å². The predicted molar refractivity (Wildman–Crippen MR) is 101 cm³/mol. The quantitative estimate of drug-likeness (QED) is 0.614. The van der Waals surface area contributed by atoms with Gasteiger partial charge in [0, 0.05) is 24.1 Å². The number of anilines is 1. The standard InChI is InChI=1S/C20H22FN3O2/c1-13-10-14(2)20(15(3)11-13)23-18(25)8-9-19(26)24-22-12-16-6-4-5-7-17(16)21/h4-7,10-12H,8-9H2,1-3H3,(H,23,25)(H,24,26). The molecule has 0 heterocycles. The van der Waals surface area contributed by atoms with Gasteiger partial charge in [0.1, 0.15) is 5.82 Å². The van der Waals surface area contributed by atoms with Crippen LogP contribution in [0.1, 0.15) is 35.1 Å². The number of aryl methyl sites for hydroxylation is 3. The number of hydrogen-bond donors (Lipinski definition) is 2. The van der Waals surface area contributed by atoms with Crippen LogP contribution in [0.4, 0.5) is 10.1 Å². The molecule has 0 aliphatic carbocycles. The Balaban J connectivity index is 1.82. The third kappa shape index (κ3) is 5.51. The molecule has 2 aromatic carbocycles. The number of amides is 2. The van der Waals surface area contributed by atoms with Crippen molar-refractivity contribution in [2.24, 2.45) is 5.10 Å². The zero-order chi connectivity index (χ0) is 19.1. The predicted octanol–water partition coefficient (Wildman–Crippen LogP) is 3.62. The van der Waals surface area contributed by atoms with E-state index in [9.17, 15) is 14.0 Å². The van der Waals surface area contributed by atoms with Crippen LogP contribution in [0.25, 0.3) is 0 Å². The van der Waals surface area contributed by atoms with Crippen molar-refractivity contribution in [3.8, 4) is 0 Å². The molecule has 136 valence electrons. The minimum absolute atomic E-state index is 0.00952. The van der Waals surface area contributed by atoms with Crippen molar-refractivity contribution in [2.45, 2.75) is 33.6 Å². The summed E-state index contributed by atoms with van der Waals surface area (Å²) in [5, 5.41) is 6.55. The molecule has 0 unspecified atom stereocenters. The Morgan fingerprint density at radius 1 is 1.04 bits per heavy atom. The van der Waals surface area contributed by atoms with Crippen molar-refractivity contribution in [1.29, 1.82) is 0 Å². The Labute approximate surface area is 152 Å². The lowest BCUT2D eigenvalue weighted by molar-refractivity contribution is -0.124. The van der Waals surface area contributed by atoms with E-state index in [2.05, 4.69) is 15.8 Å². The van der Waals surface area contributed by atoms with Gasteiger partial charge in [-0.15, -0.1) is 0 Å². The van der Waals surface area contributed by atoms with Crippen LogP contribution in [0.5, 0.6) is 0 Å². The fourth-order valence-electron chi connectivity index (χ4n) is 2.62. The maximum absolute atomic E-state index is 13.4. The first-order valence-electron chi connectivity index (χ1n) is 8.31. The van der Waals surface area contributed by atoms with E-state index in [1.54, 1.807) is 18.2 Å². The molecule has 0 aromatic heterocycles. The Morgan fingerprint density at radius 3 is 2.31 bits per heavy atom. The zero-order valence-corrected chi connectivity index (χ0v) is 15.1. The van der Waals surface area contributed by atoms with Gasteiger partial charge in [-0.3, -0.25) is 9.59 Å². The lowest BCUT2D eigenvalue weighted by atomic mass is 10.0. The summed E-state index contributed by atoms with van der Waals surface area (Å²) >= 11 is 0. The van der Waals surface area contributed by atoms with Gasteiger partial charge in [0.25, 0.3) is 0 Å². The number of nitrogens with one attached hydrogen (secondary N) is 2. The monoisotopic (exact) mass is 355 g/mol. The minimum atomic E-state index is -0.422. The molecule has 0 atom stereocenters. The van der Waals surface area contributed by atoms with Crippen LogP contribution in [-0.4, -0.2) is 18.0 Å². The van der Waals surface area contributed by atoms with E-state index in [4.69, 9.17) is 0 Å². The van der Waals surface area contributed by atoms with E-state index in [-0.39, 0.29) is 24.3 Å². The van der Waals surface area contributed by atoms with Crippen LogP contribution in [0.2, 0.25) is 0 Å². The molecular weight excluding hydrogens is 333 g/mol. The van der Waals surface area contributed by atoms with E-state index < -0.39 is 11.7 Å². The second-order valence-corrected chi connectivity index (χ2v) is 6.14. The van der Waals surface area contributed by atoms with Gasteiger partial charge in [-0.25, -0.2) is 9.82 Å². The lowest BCUT2D eigenvalue weighted by Gasteiger charge is -2.12. The molecule has 2 amide bonds. The van der Waals surface area contributed by atoms with E-state index in [1.165, 1.54) is 12.3 Å². The number of nitrogens with zero attached hydrogens (tertiary/aromatic N) is 1. The summed E-state index contributed by atoms with van der Waals surface area (Å²) < 4.78 is 13.4. The second-order valence-electron chi connectivity index (χ2n) is 6.14. The number of halogens is 1. The highest BCUT2D eigenvalue weighted by Crippen LogP contribution is 2.22. The number of benzene rings is 2. The highest BCUT2D eigenvalue weighted by molar-refractivity contribution is 5.94. The van der Waals surface area contributed by atoms with Gasteiger partial charge in [0.2, 0.25) is 11.8 Å². The summed E-state index contributed by atoms with van der Waals surface area (Å²) in [5.41, 5.74) is 6.43. The molecule has 2 rings (SSSR count). The van der Waals surface area contributed by atoms with Crippen LogP contribution in [0, 0.1) is 26.6 Å². The summed E-state index contributed by atoms with van der Waals surface area (Å²) in [5.74, 6) is -1.08. The number of carbonyl (C=O) groups is 2. The van der Waals surface area contributed by atoms with E-state index in [1.807, 2.05) is 32.9 Å². The van der Waals surface area contributed by atoms with E-state index >= 15 is 0 Å². The molecule has 2 aromatic rings. The van der Waals surface area contributed by atoms with Crippen LogP contribution in [0.3, 0.4) is 0 Å². The largest absolute Gasteiger partial charge is 0.326 e. The van der Waals surface area contributed by atoms with Crippen LogP contribution < -0.4 is 10.7 Å². The van der Waals surface area contributed by atoms with Crippen molar-refractivity contribution < 1.29 is 14.0 Å². The highest BCUT2D eigenvalue weighted by Gasteiger charge is 2.10. The molecule has 0 aliphatic heterocycles. The van der Waals surface area contributed by atoms with Gasteiger partial charge < -0.3 is 5.32 Å². The summed E-state index contributed by atoms with van der Waals surface area (Å²) in [6.45, 7) is 5.86. The van der Waals surface area contributed by atoms with Crippen molar-refractivity contribution in [1.82, 2.24) is 5.43 Å². The summed E-state index contributed by atoms with van der Waals surface area (Å²) in [7, 11) is 0. The van der Waals surface area contributed by atoms with Crippen LogP contribution in [-0.2, 0) is 9.59 Å². The molecule has 6 heteroatoms. The van der Waals surface area contributed by atoms with Crippen LogP contribution >= 0.6 is 0 Å². The SMILES string of the molecule is Cc1cc(C)c(NC(=O)CCC(=O)NN=Cc2ccccc2F)c(C)c1. The normalized spacial score (nSPS) is 10.8. The third-order valence-electron chi connectivity index (χ3n) is 3.82. The Morgan fingerprint density at radius 2 is 1.65 bits per heavy atom. The fraction of sp³-hybridized carbons (Fsp3) is 0.250. The maximum Gasteiger partial charge on any atom is 0.240 e. The molecule has 0 saturated carbocycles. The molecular formula is C20H22FN3O2. The molecule has 0 bridgehead atoms. The fourth-order valence-corrected chi connectivity index (χ4v) is 2.62. The number of hydrogen-bond acceptors (Lipinski definition) is 3. The molecule has 5 nitrogen and oxygen atoms in total. The first kappa shape index (κ1) is 19.3. The number of rotatable bonds is 6. The van der Waals surface area contributed by atoms with Gasteiger partial charge in [-0.1, -0.05) is 35.9 Å². The van der Waals surface area contributed by atoms with Gasteiger partial charge in [0.15, 0.2) is 0 Å². The first-order chi connectivity index (χ1) is 12.4. The van der Waals surface area contributed by atoms with Gasteiger partial charge in [-0.2, -0.15) is 5.10 Å². The zero-order valence-electron chi connectivity index (χ0n) is 15.1. The molecule has 2 N–H and O–H groups in total. The smallest absolute Gasteiger partial charge is 0.240 e. The van der Waals surface area contributed by atoms with Gasteiger partial charge >= 0.3 is 0 Å². The maximum atomic E-state index is 13.4. The first-order valence-corrected chi connectivity index (χ1v) is 8.31. The summed E-state index contributed by atoms with van der Waals surface area (Å²) in [4.78, 5) is 23.8. The molecule has 0 saturated heterocycles. The van der Waals surface area contributed by atoms with Crippen molar-refractivity contribution in [3.05, 3.63) is 64.5 Å². The Kier molecular flexibility index (Phi) is 6.60. The van der Waals surface area contributed by atoms with Crippen molar-refractivity contribution >= 4 is 23.7 Å². The minimum Gasteiger partial charge on any atom is -0.326 e. The molecule has 0 fully saturated rings. The van der Waals surface area contributed by atoms with E-state index in [0.29, 0.717) is 0 Å².